The number of nitrogen functional groups attached to an aromatic ring is 1. The highest BCUT2D eigenvalue weighted by atomic mass is 16.5. The number of anilines is 1. The normalized spacial score (nSPS) is 10.5. The van der Waals surface area contributed by atoms with E-state index in [9.17, 15) is 0 Å². The van der Waals surface area contributed by atoms with E-state index in [4.69, 9.17) is 15.2 Å². The minimum Gasteiger partial charge on any atom is -0.481 e. The number of aromatic nitrogens is 1. The van der Waals surface area contributed by atoms with Crippen molar-refractivity contribution in [1.82, 2.24) is 4.98 Å². The van der Waals surface area contributed by atoms with Crippen molar-refractivity contribution in [3.8, 4) is 17.5 Å². The topological polar surface area (TPSA) is 57.4 Å². The van der Waals surface area contributed by atoms with Gasteiger partial charge in [0.25, 0.3) is 0 Å². The molecular weight excluding hydrogens is 240 g/mol. The van der Waals surface area contributed by atoms with E-state index in [-0.39, 0.29) is 0 Å². The Morgan fingerprint density at radius 3 is 2.53 bits per heavy atom. The fourth-order valence-corrected chi connectivity index (χ4v) is 1.78. The van der Waals surface area contributed by atoms with Crippen LogP contribution in [0.2, 0.25) is 0 Å². The highest BCUT2D eigenvalue weighted by molar-refractivity contribution is 5.52. The Bertz CT molecular complexity index is 568. The first-order valence-electron chi connectivity index (χ1n) is 6.19. The van der Waals surface area contributed by atoms with Crippen LogP contribution in [-0.4, -0.2) is 12.1 Å². The zero-order valence-corrected chi connectivity index (χ0v) is 11.4. The lowest BCUT2D eigenvalue weighted by atomic mass is 10.0. The van der Waals surface area contributed by atoms with Gasteiger partial charge in [0.1, 0.15) is 5.75 Å². The molecule has 100 valence electrons. The Labute approximate surface area is 113 Å². The van der Waals surface area contributed by atoms with Crippen LogP contribution in [0, 0.1) is 0 Å². The SMILES string of the molecule is COc1ccc(N)c(Oc2ccccc2C(C)C)n1. The molecule has 1 heterocycles. The van der Waals surface area contributed by atoms with Gasteiger partial charge in [-0.1, -0.05) is 32.0 Å². The molecule has 0 amide bonds. The minimum absolute atomic E-state index is 0.364. The Morgan fingerprint density at radius 1 is 1.11 bits per heavy atom. The standard InChI is InChI=1S/C15H18N2O2/c1-10(2)11-6-4-5-7-13(11)19-15-12(16)8-9-14(17-15)18-3/h4-10H,16H2,1-3H3. The fraction of sp³-hybridized carbons (Fsp3) is 0.267. The van der Waals surface area contributed by atoms with Gasteiger partial charge in [0.2, 0.25) is 11.8 Å². The summed E-state index contributed by atoms with van der Waals surface area (Å²) in [6, 6.07) is 11.3. The summed E-state index contributed by atoms with van der Waals surface area (Å²) >= 11 is 0. The van der Waals surface area contributed by atoms with Crippen LogP contribution in [0.4, 0.5) is 5.69 Å². The second-order valence-corrected chi connectivity index (χ2v) is 4.54. The quantitative estimate of drug-likeness (QED) is 0.910. The molecule has 0 saturated carbocycles. The summed E-state index contributed by atoms with van der Waals surface area (Å²) < 4.78 is 10.9. The summed E-state index contributed by atoms with van der Waals surface area (Å²) in [5.41, 5.74) is 7.48. The monoisotopic (exact) mass is 258 g/mol. The number of nitrogens with zero attached hydrogens (tertiary/aromatic N) is 1. The van der Waals surface area contributed by atoms with Crippen molar-refractivity contribution in [1.29, 1.82) is 0 Å². The number of hydrogen-bond acceptors (Lipinski definition) is 4. The molecule has 0 atom stereocenters. The number of benzene rings is 1. The highest BCUT2D eigenvalue weighted by Crippen LogP contribution is 2.32. The third-order valence-corrected chi connectivity index (χ3v) is 2.82. The average molecular weight is 258 g/mol. The first-order chi connectivity index (χ1) is 9.11. The van der Waals surface area contributed by atoms with Crippen molar-refractivity contribution in [2.24, 2.45) is 0 Å². The average Bonchev–Trinajstić information content (AvgIpc) is 2.41. The van der Waals surface area contributed by atoms with Gasteiger partial charge in [0.15, 0.2) is 0 Å². The molecule has 0 aliphatic carbocycles. The van der Waals surface area contributed by atoms with Crippen molar-refractivity contribution in [2.45, 2.75) is 19.8 Å². The molecule has 4 nitrogen and oxygen atoms in total. The van der Waals surface area contributed by atoms with E-state index in [2.05, 4.69) is 18.8 Å². The summed E-state index contributed by atoms with van der Waals surface area (Å²) in [6.45, 7) is 4.23. The maximum atomic E-state index is 5.88. The molecule has 1 aromatic heterocycles. The lowest BCUT2D eigenvalue weighted by molar-refractivity contribution is 0.383. The maximum Gasteiger partial charge on any atom is 0.246 e. The molecule has 1 aromatic carbocycles. The second-order valence-electron chi connectivity index (χ2n) is 4.54. The van der Waals surface area contributed by atoms with E-state index in [0.29, 0.717) is 23.4 Å². The van der Waals surface area contributed by atoms with Gasteiger partial charge in [-0.25, -0.2) is 0 Å². The predicted molar refractivity (Wildman–Crippen MR) is 75.8 cm³/mol. The van der Waals surface area contributed by atoms with Crippen LogP contribution < -0.4 is 15.2 Å². The van der Waals surface area contributed by atoms with Crippen molar-refractivity contribution >= 4 is 5.69 Å². The van der Waals surface area contributed by atoms with Crippen molar-refractivity contribution in [3.05, 3.63) is 42.0 Å². The molecule has 0 unspecified atom stereocenters. The minimum atomic E-state index is 0.364. The molecule has 0 bridgehead atoms. The molecule has 0 fully saturated rings. The molecule has 0 spiro atoms. The Morgan fingerprint density at radius 2 is 1.84 bits per heavy atom. The molecule has 0 radical (unpaired) electrons. The summed E-state index contributed by atoms with van der Waals surface area (Å²) in [4.78, 5) is 4.22. The van der Waals surface area contributed by atoms with E-state index in [1.54, 1.807) is 19.2 Å². The van der Waals surface area contributed by atoms with Crippen LogP contribution in [0.15, 0.2) is 36.4 Å². The molecule has 0 aliphatic heterocycles. The number of para-hydroxylation sites is 1. The molecule has 0 saturated heterocycles. The van der Waals surface area contributed by atoms with Gasteiger partial charge in [-0.05, 0) is 23.6 Å². The largest absolute Gasteiger partial charge is 0.481 e. The number of pyridine rings is 1. The van der Waals surface area contributed by atoms with Gasteiger partial charge in [-0.2, -0.15) is 4.98 Å². The van der Waals surface area contributed by atoms with Crippen LogP contribution in [-0.2, 0) is 0 Å². The van der Waals surface area contributed by atoms with Gasteiger partial charge in [0, 0.05) is 6.07 Å². The van der Waals surface area contributed by atoms with E-state index in [1.165, 1.54) is 0 Å². The van der Waals surface area contributed by atoms with E-state index in [0.717, 1.165) is 11.3 Å². The third kappa shape index (κ3) is 2.96. The Hall–Kier alpha value is -2.23. The maximum absolute atomic E-state index is 5.88. The van der Waals surface area contributed by atoms with E-state index in [1.807, 2.05) is 24.3 Å². The lowest BCUT2D eigenvalue weighted by Gasteiger charge is -2.14. The summed E-state index contributed by atoms with van der Waals surface area (Å²) in [7, 11) is 1.56. The van der Waals surface area contributed by atoms with Crippen LogP contribution in [0.25, 0.3) is 0 Å². The Kier molecular flexibility index (Phi) is 3.90. The van der Waals surface area contributed by atoms with Gasteiger partial charge in [-0.3, -0.25) is 0 Å². The zero-order chi connectivity index (χ0) is 13.8. The predicted octanol–water partition coefficient (Wildman–Crippen LogP) is 3.59. The number of hydrogen-bond donors (Lipinski definition) is 1. The van der Waals surface area contributed by atoms with E-state index >= 15 is 0 Å². The number of rotatable bonds is 4. The number of methoxy groups -OCH3 is 1. The molecule has 2 N–H and O–H groups in total. The van der Waals surface area contributed by atoms with Crippen molar-refractivity contribution in [3.63, 3.8) is 0 Å². The van der Waals surface area contributed by atoms with Gasteiger partial charge < -0.3 is 15.2 Å². The molecular formula is C15H18N2O2. The number of ether oxygens (including phenoxy) is 2. The number of nitrogens with two attached hydrogens (primary N) is 1. The first-order valence-corrected chi connectivity index (χ1v) is 6.19. The van der Waals surface area contributed by atoms with Gasteiger partial charge in [0.05, 0.1) is 12.8 Å². The highest BCUT2D eigenvalue weighted by Gasteiger charge is 2.11. The molecule has 2 aromatic rings. The van der Waals surface area contributed by atoms with Crippen LogP contribution in [0.3, 0.4) is 0 Å². The van der Waals surface area contributed by atoms with Crippen molar-refractivity contribution in [2.75, 3.05) is 12.8 Å². The van der Waals surface area contributed by atoms with Gasteiger partial charge >= 0.3 is 0 Å². The third-order valence-electron chi connectivity index (χ3n) is 2.82. The van der Waals surface area contributed by atoms with Crippen molar-refractivity contribution < 1.29 is 9.47 Å². The van der Waals surface area contributed by atoms with Crippen LogP contribution >= 0.6 is 0 Å². The fourth-order valence-electron chi connectivity index (χ4n) is 1.78. The Balaban J connectivity index is 2.36. The molecule has 4 heteroatoms. The zero-order valence-electron chi connectivity index (χ0n) is 11.4. The summed E-state index contributed by atoms with van der Waals surface area (Å²) in [5.74, 6) is 1.98. The van der Waals surface area contributed by atoms with E-state index < -0.39 is 0 Å². The summed E-state index contributed by atoms with van der Waals surface area (Å²) in [6.07, 6.45) is 0. The van der Waals surface area contributed by atoms with Crippen LogP contribution in [0.1, 0.15) is 25.3 Å². The molecule has 0 aliphatic rings. The summed E-state index contributed by atoms with van der Waals surface area (Å²) in [5, 5.41) is 0. The lowest BCUT2D eigenvalue weighted by Crippen LogP contribution is -1.99. The smallest absolute Gasteiger partial charge is 0.246 e. The first kappa shape index (κ1) is 13.2. The molecule has 19 heavy (non-hydrogen) atoms. The van der Waals surface area contributed by atoms with Crippen LogP contribution in [0.5, 0.6) is 17.5 Å². The second kappa shape index (κ2) is 5.61. The van der Waals surface area contributed by atoms with Gasteiger partial charge in [-0.15, -0.1) is 0 Å². The molecule has 2 rings (SSSR count).